The zero-order valence-corrected chi connectivity index (χ0v) is 31.4. The lowest BCUT2D eigenvalue weighted by atomic mass is 9.83. The van der Waals surface area contributed by atoms with E-state index in [0.717, 1.165) is 88.2 Å². The SMILES string of the molecule is CO[C@H](C[C@@H](CCC1CCC(O)CC1)OC=O)[C@H](C)/C=C(\C)[C@@H](O)[C@@H](OC)C(=NCCCCCCCCCOCC=O)[C@H](C)CC(C)C. The molecule has 0 heterocycles. The molecule has 1 fully saturated rings. The van der Waals surface area contributed by atoms with Crippen LogP contribution in [0.4, 0.5) is 0 Å². The number of hydrogen-bond acceptors (Lipinski definition) is 9. The summed E-state index contributed by atoms with van der Waals surface area (Å²) in [7, 11) is 3.34. The van der Waals surface area contributed by atoms with Gasteiger partial charge >= 0.3 is 0 Å². The highest BCUT2D eigenvalue weighted by molar-refractivity contribution is 5.91. The third-order valence-corrected chi connectivity index (χ3v) is 9.93. The van der Waals surface area contributed by atoms with Gasteiger partial charge in [-0.05, 0) is 88.0 Å². The summed E-state index contributed by atoms with van der Waals surface area (Å²) in [5.41, 5.74) is 1.73. The summed E-state index contributed by atoms with van der Waals surface area (Å²) >= 11 is 0. The molecule has 0 radical (unpaired) electrons. The quantitative estimate of drug-likeness (QED) is 0.0365. The molecule has 0 amide bonds. The normalized spacial score (nSPS) is 21.4. The second-order valence-electron chi connectivity index (χ2n) is 14.5. The van der Waals surface area contributed by atoms with Crippen LogP contribution in [0.1, 0.15) is 131 Å². The standard InChI is InChI=1S/C39H71NO8/c1-29(2)25-31(4)37(40-21-13-11-9-8-10-12-14-23-47-24-22-41)39(46-7)38(44)32(5)26-30(3)36(45-6)27-35(48-28-42)20-17-33-15-18-34(43)19-16-33/h22,26,28-31,33-36,38-39,43-44H,8-21,23-25,27H2,1-7H3/b32-26+,40-37?/t30-,31-,33?,34?,35-,36-,38-,39+/m1/s1. The zero-order valence-electron chi connectivity index (χ0n) is 31.4. The van der Waals surface area contributed by atoms with E-state index in [1.165, 1.54) is 19.3 Å². The summed E-state index contributed by atoms with van der Waals surface area (Å²) in [5.74, 6) is 1.20. The third kappa shape index (κ3) is 18.9. The predicted molar refractivity (Wildman–Crippen MR) is 193 cm³/mol. The van der Waals surface area contributed by atoms with E-state index in [9.17, 15) is 19.8 Å². The average molecular weight is 682 g/mol. The van der Waals surface area contributed by atoms with Gasteiger partial charge in [-0.1, -0.05) is 65.9 Å². The Morgan fingerprint density at radius 3 is 2.12 bits per heavy atom. The number of nitrogens with zero attached hydrogens (tertiary/aromatic N) is 1. The van der Waals surface area contributed by atoms with E-state index >= 15 is 0 Å². The number of aliphatic hydroxyl groups excluding tert-OH is 2. The summed E-state index contributed by atoms with van der Waals surface area (Å²) < 4.78 is 22.6. The molecule has 0 aromatic heterocycles. The van der Waals surface area contributed by atoms with E-state index < -0.39 is 12.2 Å². The molecule has 48 heavy (non-hydrogen) atoms. The number of aliphatic hydroxyl groups is 2. The number of aldehydes is 1. The molecule has 0 aliphatic heterocycles. The van der Waals surface area contributed by atoms with Crippen LogP contribution in [0.15, 0.2) is 16.6 Å². The van der Waals surface area contributed by atoms with E-state index in [4.69, 9.17) is 23.9 Å². The molecular formula is C39H71NO8. The molecular weight excluding hydrogens is 610 g/mol. The smallest absolute Gasteiger partial charge is 0.293 e. The molecule has 0 saturated heterocycles. The number of ether oxygens (including phenoxy) is 4. The molecule has 1 rings (SSSR count). The largest absolute Gasteiger partial charge is 0.464 e. The Kier molecular flexibility index (Phi) is 25.1. The maximum atomic E-state index is 11.6. The Morgan fingerprint density at radius 2 is 1.54 bits per heavy atom. The second-order valence-corrected chi connectivity index (χ2v) is 14.5. The van der Waals surface area contributed by atoms with Crippen LogP contribution in [0.3, 0.4) is 0 Å². The Balaban J connectivity index is 2.81. The Morgan fingerprint density at radius 1 is 0.896 bits per heavy atom. The minimum Gasteiger partial charge on any atom is -0.464 e. The molecule has 1 aliphatic rings. The Bertz CT molecular complexity index is 885. The Hall–Kier alpha value is -1.65. The number of carbonyl (C=O) groups excluding carboxylic acids is 2. The summed E-state index contributed by atoms with van der Waals surface area (Å²) in [5, 5.41) is 21.4. The van der Waals surface area contributed by atoms with Crippen molar-refractivity contribution in [3.63, 3.8) is 0 Å². The van der Waals surface area contributed by atoms with Gasteiger partial charge in [-0.15, -0.1) is 0 Å². The van der Waals surface area contributed by atoms with Crippen molar-refractivity contribution in [2.75, 3.05) is 34.0 Å². The van der Waals surface area contributed by atoms with Gasteiger partial charge in [-0.2, -0.15) is 0 Å². The fraction of sp³-hybridized carbons (Fsp3) is 0.872. The lowest BCUT2D eigenvalue weighted by Gasteiger charge is -2.30. The zero-order chi connectivity index (χ0) is 35.7. The van der Waals surface area contributed by atoms with Gasteiger partial charge in [0.25, 0.3) is 6.47 Å². The fourth-order valence-corrected chi connectivity index (χ4v) is 7.12. The van der Waals surface area contributed by atoms with E-state index in [0.29, 0.717) is 37.9 Å². The third-order valence-electron chi connectivity index (χ3n) is 9.93. The minimum atomic E-state index is -0.845. The molecule has 6 atom stereocenters. The average Bonchev–Trinajstić information content (AvgIpc) is 3.05. The van der Waals surface area contributed by atoms with Gasteiger partial charge in [-0.25, -0.2) is 0 Å². The number of unbranched alkanes of at least 4 members (excludes halogenated alkanes) is 6. The highest BCUT2D eigenvalue weighted by Gasteiger charge is 2.31. The van der Waals surface area contributed by atoms with Crippen LogP contribution in [0.25, 0.3) is 0 Å². The highest BCUT2D eigenvalue weighted by Crippen LogP contribution is 2.30. The first-order chi connectivity index (χ1) is 23.1. The molecule has 1 aliphatic carbocycles. The highest BCUT2D eigenvalue weighted by atomic mass is 16.5. The predicted octanol–water partition coefficient (Wildman–Crippen LogP) is 7.29. The summed E-state index contributed by atoms with van der Waals surface area (Å²) in [6.45, 7) is 12.7. The molecule has 2 N–H and O–H groups in total. The van der Waals surface area contributed by atoms with Crippen LogP contribution in [-0.2, 0) is 28.5 Å². The van der Waals surface area contributed by atoms with Gasteiger partial charge in [0.15, 0.2) is 0 Å². The van der Waals surface area contributed by atoms with Gasteiger partial charge in [-0.3, -0.25) is 9.79 Å². The van der Waals surface area contributed by atoms with Crippen molar-refractivity contribution in [1.29, 1.82) is 0 Å². The molecule has 9 nitrogen and oxygen atoms in total. The molecule has 280 valence electrons. The first-order valence-corrected chi connectivity index (χ1v) is 18.8. The van der Waals surface area contributed by atoms with Crippen molar-refractivity contribution in [3.8, 4) is 0 Å². The number of rotatable bonds is 29. The number of methoxy groups -OCH3 is 2. The summed E-state index contributed by atoms with van der Waals surface area (Å²) in [6.07, 6.45) is 15.7. The van der Waals surface area contributed by atoms with Crippen molar-refractivity contribution in [3.05, 3.63) is 11.6 Å². The van der Waals surface area contributed by atoms with E-state index in [-0.39, 0.29) is 36.8 Å². The Labute approximate surface area is 292 Å². The first-order valence-electron chi connectivity index (χ1n) is 18.8. The fourth-order valence-electron chi connectivity index (χ4n) is 7.12. The second kappa shape index (κ2) is 27.1. The molecule has 0 spiro atoms. The molecule has 9 heteroatoms. The van der Waals surface area contributed by atoms with Gasteiger partial charge < -0.3 is 34.0 Å². The van der Waals surface area contributed by atoms with Crippen molar-refractivity contribution >= 4 is 18.5 Å². The van der Waals surface area contributed by atoms with Gasteiger partial charge in [0.1, 0.15) is 31.2 Å². The monoisotopic (exact) mass is 682 g/mol. The van der Waals surface area contributed by atoms with Crippen molar-refractivity contribution in [2.24, 2.45) is 28.7 Å². The maximum absolute atomic E-state index is 11.6. The molecule has 0 bridgehead atoms. The summed E-state index contributed by atoms with van der Waals surface area (Å²) in [6, 6.07) is 0. The molecule has 1 saturated carbocycles. The van der Waals surface area contributed by atoms with E-state index in [1.807, 2.05) is 6.92 Å². The van der Waals surface area contributed by atoms with Crippen LogP contribution in [0.2, 0.25) is 0 Å². The van der Waals surface area contributed by atoms with Gasteiger partial charge in [0.05, 0.1) is 12.2 Å². The topological polar surface area (TPSA) is 124 Å². The molecule has 0 unspecified atom stereocenters. The number of hydrogen-bond donors (Lipinski definition) is 2. The first kappa shape index (κ1) is 44.4. The van der Waals surface area contributed by atoms with Crippen LogP contribution < -0.4 is 0 Å². The minimum absolute atomic E-state index is 0.0258. The van der Waals surface area contributed by atoms with E-state index in [2.05, 4.69) is 33.8 Å². The van der Waals surface area contributed by atoms with Crippen molar-refractivity contribution in [1.82, 2.24) is 0 Å². The molecule has 0 aromatic carbocycles. The number of aliphatic imine (C=N–C) groups is 1. The van der Waals surface area contributed by atoms with Crippen LogP contribution >= 0.6 is 0 Å². The van der Waals surface area contributed by atoms with Crippen LogP contribution in [-0.4, -0.2) is 93.2 Å². The van der Waals surface area contributed by atoms with Crippen LogP contribution in [0.5, 0.6) is 0 Å². The van der Waals surface area contributed by atoms with Crippen LogP contribution in [0, 0.1) is 23.7 Å². The lowest BCUT2D eigenvalue weighted by Crippen LogP contribution is -2.40. The summed E-state index contributed by atoms with van der Waals surface area (Å²) in [4.78, 5) is 26.7. The number of carbonyl (C=O) groups is 2. The van der Waals surface area contributed by atoms with Gasteiger partial charge in [0, 0.05) is 45.4 Å². The van der Waals surface area contributed by atoms with Crippen molar-refractivity contribution in [2.45, 2.75) is 161 Å². The lowest BCUT2D eigenvalue weighted by molar-refractivity contribution is -0.136. The van der Waals surface area contributed by atoms with Gasteiger partial charge in [0.2, 0.25) is 0 Å². The molecule has 0 aromatic rings. The van der Waals surface area contributed by atoms with E-state index in [1.54, 1.807) is 14.2 Å². The maximum Gasteiger partial charge on any atom is 0.293 e. The van der Waals surface area contributed by atoms with Crippen molar-refractivity contribution < 1.29 is 38.7 Å².